The summed E-state index contributed by atoms with van der Waals surface area (Å²) < 4.78 is 30.3. The van der Waals surface area contributed by atoms with E-state index in [4.69, 9.17) is 4.74 Å². The normalized spacial score (nSPS) is 15.2. The summed E-state index contributed by atoms with van der Waals surface area (Å²) in [5.41, 5.74) is 0.503. The molecule has 3 rings (SSSR count). The fourth-order valence-corrected chi connectivity index (χ4v) is 4.31. The second kappa shape index (κ2) is 8.56. The molecule has 6 nitrogen and oxygen atoms in total. The lowest BCUT2D eigenvalue weighted by Gasteiger charge is -2.24. The maximum atomic E-state index is 13.0. The molecule has 0 aliphatic carbocycles. The molecule has 1 aliphatic rings. The highest BCUT2D eigenvalue weighted by molar-refractivity contribution is 7.91. The first-order chi connectivity index (χ1) is 13.4. The van der Waals surface area contributed by atoms with E-state index in [1.54, 1.807) is 41.3 Å². The number of hydrogen-bond acceptors (Lipinski definition) is 5. The number of esters is 1. The van der Waals surface area contributed by atoms with E-state index >= 15 is 0 Å². The van der Waals surface area contributed by atoms with Crippen LogP contribution in [0.15, 0.2) is 59.5 Å². The number of carbonyl (C=O) groups excluding carboxylic acids is 2. The van der Waals surface area contributed by atoms with Gasteiger partial charge in [0, 0.05) is 18.7 Å². The van der Waals surface area contributed by atoms with Gasteiger partial charge in [-0.2, -0.15) is 0 Å². The van der Waals surface area contributed by atoms with E-state index in [0.29, 0.717) is 18.7 Å². The fraction of sp³-hybridized carbons (Fsp3) is 0.333. The van der Waals surface area contributed by atoms with Crippen LogP contribution in [0.3, 0.4) is 0 Å². The molecular weight excluding hydrogens is 378 g/mol. The number of amides is 1. The van der Waals surface area contributed by atoms with Crippen LogP contribution < -0.4 is 0 Å². The van der Waals surface area contributed by atoms with Crippen molar-refractivity contribution in [3.63, 3.8) is 0 Å². The molecule has 1 saturated heterocycles. The number of sulfone groups is 1. The Balaban J connectivity index is 1.94. The highest BCUT2D eigenvalue weighted by atomic mass is 32.2. The Morgan fingerprint density at radius 3 is 2.25 bits per heavy atom. The summed E-state index contributed by atoms with van der Waals surface area (Å²) in [4.78, 5) is 27.5. The van der Waals surface area contributed by atoms with Gasteiger partial charge in [-0.25, -0.2) is 13.2 Å². The summed E-state index contributed by atoms with van der Waals surface area (Å²) >= 11 is 0. The molecule has 1 atom stereocenters. The molecule has 1 fully saturated rings. The maximum Gasteiger partial charge on any atom is 0.340 e. The maximum absolute atomic E-state index is 13.0. The monoisotopic (exact) mass is 401 g/mol. The Morgan fingerprint density at radius 2 is 1.61 bits per heavy atom. The number of ether oxygens (including phenoxy) is 1. The molecule has 2 aromatic carbocycles. The molecule has 1 aliphatic heterocycles. The Morgan fingerprint density at radius 1 is 1.00 bits per heavy atom. The number of rotatable bonds is 6. The minimum Gasteiger partial charge on any atom is -0.444 e. The van der Waals surface area contributed by atoms with Gasteiger partial charge in [0.05, 0.1) is 16.2 Å². The molecule has 1 amide bonds. The van der Waals surface area contributed by atoms with Gasteiger partial charge in [0.2, 0.25) is 6.10 Å². The minimum absolute atomic E-state index is 0.0560. The molecule has 148 valence electrons. The molecule has 7 heteroatoms. The summed E-state index contributed by atoms with van der Waals surface area (Å²) in [7, 11) is -3.61. The molecule has 0 unspecified atom stereocenters. The van der Waals surface area contributed by atoms with Gasteiger partial charge in [0.1, 0.15) is 0 Å². The van der Waals surface area contributed by atoms with Crippen molar-refractivity contribution in [1.82, 2.24) is 4.90 Å². The van der Waals surface area contributed by atoms with E-state index in [1.807, 2.05) is 6.07 Å². The van der Waals surface area contributed by atoms with Crippen LogP contribution in [0.25, 0.3) is 0 Å². The van der Waals surface area contributed by atoms with Gasteiger partial charge in [-0.15, -0.1) is 0 Å². The zero-order chi connectivity index (χ0) is 20.1. The molecule has 0 N–H and O–H groups in total. The zero-order valence-corrected chi connectivity index (χ0v) is 16.5. The van der Waals surface area contributed by atoms with Gasteiger partial charge < -0.3 is 9.64 Å². The number of nitrogens with zero attached hydrogens (tertiary/aromatic N) is 1. The fourth-order valence-electron chi connectivity index (χ4n) is 3.22. The Kier molecular flexibility index (Phi) is 6.14. The molecule has 2 aromatic rings. The van der Waals surface area contributed by atoms with Crippen LogP contribution in [-0.2, 0) is 19.4 Å². The molecule has 0 spiro atoms. The third-order valence-electron chi connectivity index (χ3n) is 4.79. The highest BCUT2D eigenvalue weighted by Gasteiger charge is 2.32. The van der Waals surface area contributed by atoms with Crippen LogP contribution >= 0.6 is 0 Å². The van der Waals surface area contributed by atoms with Crippen molar-refractivity contribution >= 4 is 21.7 Å². The van der Waals surface area contributed by atoms with Gasteiger partial charge in [-0.3, -0.25) is 4.79 Å². The molecular formula is C21H23NO5S. The second-order valence-electron chi connectivity index (χ2n) is 6.63. The van der Waals surface area contributed by atoms with Crippen LogP contribution in [0.5, 0.6) is 0 Å². The van der Waals surface area contributed by atoms with Crippen LogP contribution in [-0.4, -0.2) is 44.0 Å². The van der Waals surface area contributed by atoms with Crippen LogP contribution in [0.1, 0.15) is 41.8 Å². The van der Waals surface area contributed by atoms with Crippen molar-refractivity contribution in [2.45, 2.75) is 30.8 Å². The topological polar surface area (TPSA) is 80.7 Å². The Hall–Kier alpha value is -2.67. The van der Waals surface area contributed by atoms with Crippen molar-refractivity contribution < 1.29 is 22.7 Å². The number of benzene rings is 2. The molecule has 28 heavy (non-hydrogen) atoms. The second-order valence-corrected chi connectivity index (χ2v) is 8.87. The van der Waals surface area contributed by atoms with Crippen molar-refractivity contribution in [3.05, 3.63) is 65.7 Å². The predicted octanol–water partition coefficient (Wildman–Crippen LogP) is 3.00. The lowest BCUT2D eigenvalue weighted by molar-refractivity contribution is -0.140. The van der Waals surface area contributed by atoms with E-state index < -0.39 is 21.9 Å². The van der Waals surface area contributed by atoms with Crippen LogP contribution in [0.2, 0.25) is 0 Å². The van der Waals surface area contributed by atoms with E-state index in [-0.39, 0.29) is 22.1 Å². The van der Waals surface area contributed by atoms with E-state index in [0.717, 1.165) is 12.8 Å². The predicted molar refractivity (Wildman–Crippen MR) is 105 cm³/mol. The zero-order valence-electron chi connectivity index (χ0n) is 15.7. The first-order valence-electron chi connectivity index (χ1n) is 9.30. The van der Waals surface area contributed by atoms with Crippen molar-refractivity contribution in [2.24, 2.45) is 0 Å². The van der Waals surface area contributed by atoms with Crippen molar-refractivity contribution in [3.8, 4) is 0 Å². The van der Waals surface area contributed by atoms with Gasteiger partial charge in [-0.1, -0.05) is 49.4 Å². The third-order valence-corrected chi connectivity index (χ3v) is 6.58. The lowest BCUT2D eigenvalue weighted by Crippen LogP contribution is -2.35. The third kappa shape index (κ3) is 4.25. The first kappa shape index (κ1) is 20.1. The van der Waals surface area contributed by atoms with E-state index in [2.05, 4.69) is 0 Å². The van der Waals surface area contributed by atoms with Gasteiger partial charge >= 0.3 is 5.97 Å². The molecule has 1 heterocycles. The average molecular weight is 401 g/mol. The molecule has 0 saturated carbocycles. The molecule has 0 bridgehead atoms. The van der Waals surface area contributed by atoms with Gasteiger partial charge in [-0.05, 0) is 25.0 Å². The molecule has 0 radical (unpaired) electrons. The largest absolute Gasteiger partial charge is 0.444 e. The Bertz CT molecular complexity index is 950. The SMILES string of the molecule is CCS(=O)(=O)c1ccccc1C(=O)O[C@@H](C(=O)N1CCCC1)c1ccccc1. The quantitative estimate of drug-likeness (QED) is 0.695. The number of hydrogen-bond donors (Lipinski definition) is 0. The van der Waals surface area contributed by atoms with Crippen molar-refractivity contribution in [1.29, 1.82) is 0 Å². The highest BCUT2D eigenvalue weighted by Crippen LogP contribution is 2.26. The summed E-state index contributed by atoms with van der Waals surface area (Å²) in [6.07, 6.45) is 0.724. The number of carbonyl (C=O) groups is 2. The Labute approximate surface area is 165 Å². The summed E-state index contributed by atoms with van der Waals surface area (Å²) in [6.45, 7) is 2.77. The van der Waals surface area contributed by atoms with Gasteiger partial charge in [0.15, 0.2) is 9.84 Å². The lowest BCUT2D eigenvalue weighted by atomic mass is 10.1. The summed E-state index contributed by atoms with van der Waals surface area (Å²) in [6, 6.07) is 14.7. The average Bonchev–Trinajstić information content (AvgIpc) is 3.27. The minimum atomic E-state index is -3.61. The number of likely N-dealkylation sites (tertiary alicyclic amines) is 1. The standard InChI is InChI=1S/C21H23NO5S/c1-2-28(25,26)18-13-7-6-12-17(18)21(24)27-19(16-10-4-3-5-11-16)20(23)22-14-8-9-15-22/h3-7,10-13,19H,2,8-9,14-15H2,1H3/t19-/m1/s1. The van der Waals surface area contributed by atoms with E-state index in [1.165, 1.54) is 19.1 Å². The summed E-state index contributed by atoms with van der Waals surface area (Å²) in [5, 5.41) is 0. The van der Waals surface area contributed by atoms with Crippen LogP contribution in [0, 0.1) is 0 Å². The van der Waals surface area contributed by atoms with E-state index in [9.17, 15) is 18.0 Å². The van der Waals surface area contributed by atoms with Gasteiger partial charge in [0.25, 0.3) is 5.91 Å². The van der Waals surface area contributed by atoms with Crippen molar-refractivity contribution in [2.75, 3.05) is 18.8 Å². The smallest absolute Gasteiger partial charge is 0.340 e. The van der Waals surface area contributed by atoms with Crippen LogP contribution in [0.4, 0.5) is 0 Å². The summed E-state index contributed by atoms with van der Waals surface area (Å²) in [5.74, 6) is -1.24. The first-order valence-corrected chi connectivity index (χ1v) is 11.0. The molecule has 0 aromatic heterocycles.